The van der Waals surface area contributed by atoms with Gasteiger partial charge in [-0.25, -0.2) is 4.79 Å². The molecule has 43 heavy (non-hydrogen) atoms. The molecule has 0 bridgehead atoms. The fourth-order valence-electron chi connectivity index (χ4n) is 5.63. The molecule has 2 atom stereocenters. The highest BCUT2D eigenvalue weighted by Gasteiger charge is 2.44. The molecule has 1 aliphatic carbocycles. The number of alkyl carbamates (subject to hydrolysis) is 1. The van der Waals surface area contributed by atoms with Gasteiger partial charge in [0.1, 0.15) is 23.4 Å². The van der Waals surface area contributed by atoms with E-state index >= 15 is 0 Å². The fraction of sp³-hybridized carbons (Fsp3) is 0.571. The van der Waals surface area contributed by atoms with Crippen LogP contribution in [0.4, 0.5) is 4.79 Å². The Kier molecular flexibility index (Phi) is 11.3. The molecular weight excluding hydrogens is 542 g/mol. The molecule has 0 radical (unpaired) electrons. The Hall–Kier alpha value is -3.55. The first kappa shape index (κ1) is 33.9. The van der Waals surface area contributed by atoms with Gasteiger partial charge in [0.25, 0.3) is 0 Å². The Morgan fingerprint density at radius 1 is 0.977 bits per heavy atom. The summed E-state index contributed by atoms with van der Waals surface area (Å²) in [4.78, 5) is 44.0. The summed E-state index contributed by atoms with van der Waals surface area (Å²) in [6.45, 7) is 15.2. The molecule has 1 saturated carbocycles. The second kappa shape index (κ2) is 14.3. The van der Waals surface area contributed by atoms with E-state index in [4.69, 9.17) is 4.74 Å². The first-order valence-corrected chi connectivity index (χ1v) is 15.6. The minimum absolute atomic E-state index is 0.0586. The number of nitrogens with one attached hydrogen (secondary N) is 2. The Bertz CT molecular complexity index is 1260. The van der Waals surface area contributed by atoms with E-state index < -0.39 is 29.3 Å². The lowest BCUT2D eigenvalue weighted by Crippen LogP contribution is -2.60. The molecule has 2 unspecified atom stereocenters. The van der Waals surface area contributed by atoms with E-state index in [0.717, 1.165) is 54.4 Å². The SMILES string of the molecule is CCC(C)(C)N(C(=O)C(Cc1ccc(O)cc1)NC(=O)OC(C)(C)C)C(C(=O)NC1CCCCC1)c1cccc(C)c1C. The second-order valence-corrected chi connectivity index (χ2v) is 13.5. The lowest BCUT2D eigenvalue weighted by molar-refractivity contribution is -0.149. The average molecular weight is 594 g/mol. The third-order valence-electron chi connectivity index (χ3n) is 8.52. The smallest absolute Gasteiger partial charge is 0.408 e. The molecule has 2 aromatic rings. The predicted octanol–water partition coefficient (Wildman–Crippen LogP) is 6.65. The first-order chi connectivity index (χ1) is 20.1. The highest BCUT2D eigenvalue weighted by atomic mass is 16.6. The summed E-state index contributed by atoms with van der Waals surface area (Å²) >= 11 is 0. The van der Waals surface area contributed by atoms with Crippen molar-refractivity contribution in [2.45, 2.75) is 130 Å². The topological polar surface area (TPSA) is 108 Å². The molecule has 0 aromatic heterocycles. The van der Waals surface area contributed by atoms with E-state index in [-0.39, 0.29) is 30.0 Å². The molecule has 1 aliphatic rings. The second-order valence-electron chi connectivity index (χ2n) is 13.5. The molecule has 0 heterocycles. The lowest BCUT2D eigenvalue weighted by Gasteiger charge is -2.45. The Labute approximate surface area is 257 Å². The number of carbonyl (C=O) groups is 3. The van der Waals surface area contributed by atoms with Crippen LogP contribution in [0.25, 0.3) is 0 Å². The molecule has 2 aromatic carbocycles. The van der Waals surface area contributed by atoms with E-state index in [9.17, 15) is 19.5 Å². The molecule has 8 nitrogen and oxygen atoms in total. The minimum atomic E-state index is -1.03. The highest BCUT2D eigenvalue weighted by molar-refractivity contribution is 5.93. The summed E-state index contributed by atoms with van der Waals surface area (Å²) in [5, 5.41) is 15.9. The summed E-state index contributed by atoms with van der Waals surface area (Å²) in [6, 6.07) is 10.5. The van der Waals surface area contributed by atoms with E-state index in [1.54, 1.807) is 49.9 Å². The number of amides is 3. The molecular formula is C35H51N3O5. The van der Waals surface area contributed by atoms with Gasteiger partial charge in [-0.1, -0.05) is 56.5 Å². The molecule has 0 saturated heterocycles. The van der Waals surface area contributed by atoms with Gasteiger partial charge in [-0.2, -0.15) is 0 Å². The highest BCUT2D eigenvalue weighted by Crippen LogP contribution is 2.35. The lowest BCUT2D eigenvalue weighted by atomic mass is 9.88. The molecule has 1 fully saturated rings. The van der Waals surface area contributed by atoms with Gasteiger partial charge < -0.3 is 25.4 Å². The van der Waals surface area contributed by atoms with Crippen LogP contribution in [0.1, 0.15) is 108 Å². The number of hydrogen-bond acceptors (Lipinski definition) is 5. The van der Waals surface area contributed by atoms with E-state index in [1.807, 2.05) is 52.8 Å². The van der Waals surface area contributed by atoms with Gasteiger partial charge in [0.2, 0.25) is 11.8 Å². The first-order valence-electron chi connectivity index (χ1n) is 15.6. The third kappa shape index (κ3) is 9.22. The van der Waals surface area contributed by atoms with Crippen molar-refractivity contribution in [2.75, 3.05) is 0 Å². The van der Waals surface area contributed by atoms with Crippen molar-refractivity contribution < 1.29 is 24.2 Å². The number of benzene rings is 2. The van der Waals surface area contributed by atoms with Crippen molar-refractivity contribution in [1.29, 1.82) is 0 Å². The normalized spacial score (nSPS) is 15.7. The molecule has 0 spiro atoms. The molecule has 236 valence electrons. The van der Waals surface area contributed by atoms with Crippen molar-refractivity contribution in [2.24, 2.45) is 0 Å². The van der Waals surface area contributed by atoms with Gasteiger partial charge in [0, 0.05) is 18.0 Å². The Balaban J connectivity index is 2.13. The van der Waals surface area contributed by atoms with Gasteiger partial charge in [-0.05, 0) is 102 Å². The van der Waals surface area contributed by atoms with Crippen molar-refractivity contribution in [1.82, 2.24) is 15.5 Å². The van der Waals surface area contributed by atoms with Crippen LogP contribution in [0.3, 0.4) is 0 Å². The number of hydrogen-bond donors (Lipinski definition) is 3. The van der Waals surface area contributed by atoms with Crippen LogP contribution in [0.5, 0.6) is 5.75 Å². The van der Waals surface area contributed by atoms with Gasteiger partial charge in [0.15, 0.2) is 0 Å². The van der Waals surface area contributed by atoms with Crippen LogP contribution < -0.4 is 10.6 Å². The fourth-order valence-corrected chi connectivity index (χ4v) is 5.63. The Morgan fingerprint density at radius 2 is 1.60 bits per heavy atom. The number of phenols is 1. The van der Waals surface area contributed by atoms with Crippen molar-refractivity contribution >= 4 is 17.9 Å². The van der Waals surface area contributed by atoms with E-state index in [2.05, 4.69) is 10.6 Å². The van der Waals surface area contributed by atoms with Crippen LogP contribution in [-0.4, -0.2) is 51.1 Å². The number of aryl methyl sites for hydroxylation is 1. The summed E-state index contributed by atoms with van der Waals surface area (Å²) in [5.74, 6) is -0.485. The summed E-state index contributed by atoms with van der Waals surface area (Å²) < 4.78 is 5.55. The van der Waals surface area contributed by atoms with Crippen LogP contribution in [0.15, 0.2) is 42.5 Å². The molecule has 3 amide bonds. The van der Waals surface area contributed by atoms with Gasteiger partial charge >= 0.3 is 6.09 Å². The van der Waals surface area contributed by atoms with Crippen molar-refractivity contribution in [3.05, 3.63) is 64.7 Å². The third-order valence-corrected chi connectivity index (χ3v) is 8.52. The predicted molar refractivity (Wildman–Crippen MR) is 170 cm³/mol. The zero-order valence-electron chi connectivity index (χ0n) is 27.3. The number of phenolic OH excluding ortho intramolecular Hbond substituents is 1. The summed E-state index contributed by atoms with van der Waals surface area (Å²) in [5.41, 5.74) is 1.98. The molecule has 0 aliphatic heterocycles. The average Bonchev–Trinajstić information content (AvgIpc) is 2.93. The molecule has 8 heteroatoms. The maximum Gasteiger partial charge on any atom is 0.408 e. The summed E-state index contributed by atoms with van der Waals surface area (Å²) in [6.07, 6.45) is 5.14. The number of rotatable bonds is 10. The minimum Gasteiger partial charge on any atom is -0.508 e. The van der Waals surface area contributed by atoms with Crippen LogP contribution >= 0.6 is 0 Å². The van der Waals surface area contributed by atoms with Crippen molar-refractivity contribution in [3.8, 4) is 5.75 Å². The van der Waals surface area contributed by atoms with Crippen LogP contribution in [0.2, 0.25) is 0 Å². The van der Waals surface area contributed by atoms with Crippen LogP contribution in [0, 0.1) is 13.8 Å². The van der Waals surface area contributed by atoms with Crippen molar-refractivity contribution in [3.63, 3.8) is 0 Å². The maximum absolute atomic E-state index is 14.9. The van der Waals surface area contributed by atoms with E-state index in [0.29, 0.717) is 6.42 Å². The van der Waals surface area contributed by atoms with E-state index in [1.165, 1.54) is 0 Å². The molecule has 3 N–H and O–H groups in total. The van der Waals surface area contributed by atoms with Gasteiger partial charge in [0.05, 0.1) is 0 Å². The zero-order chi connectivity index (χ0) is 31.9. The quantitative estimate of drug-likeness (QED) is 0.286. The van der Waals surface area contributed by atoms with Gasteiger partial charge in [-0.15, -0.1) is 0 Å². The largest absolute Gasteiger partial charge is 0.508 e. The van der Waals surface area contributed by atoms with Crippen LogP contribution in [-0.2, 0) is 20.7 Å². The maximum atomic E-state index is 14.9. The zero-order valence-corrected chi connectivity index (χ0v) is 27.3. The number of carbonyl (C=O) groups excluding carboxylic acids is 3. The number of aromatic hydroxyl groups is 1. The summed E-state index contributed by atoms with van der Waals surface area (Å²) in [7, 11) is 0. The Morgan fingerprint density at radius 3 is 2.19 bits per heavy atom. The number of nitrogens with zero attached hydrogens (tertiary/aromatic N) is 1. The standard InChI is InChI=1S/C35H51N3O5/c1-9-35(7,8)38(30(28-17-13-14-23(2)24(28)3)31(40)36-26-15-11-10-12-16-26)32(41)29(37-33(42)43-34(4,5)6)22-25-18-20-27(39)21-19-25/h13-14,17-21,26,29-30,39H,9-12,15-16,22H2,1-8H3,(H,36,40)(H,37,42). The van der Waals surface area contributed by atoms with Gasteiger partial charge in [-0.3, -0.25) is 9.59 Å². The monoisotopic (exact) mass is 593 g/mol. The number of ether oxygens (including phenoxy) is 1. The molecule has 3 rings (SSSR count).